The Morgan fingerprint density at radius 2 is 1.88 bits per heavy atom. The van der Waals surface area contributed by atoms with Crippen molar-refractivity contribution in [1.29, 1.82) is 0 Å². The minimum Gasteiger partial charge on any atom is -0.484 e. The van der Waals surface area contributed by atoms with Crippen molar-refractivity contribution < 1.29 is 14.3 Å². The Balaban J connectivity index is 1.41. The van der Waals surface area contributed by atoms with Crippen LogP contribution >= 0.6 is 11.3 Å². The Hall–Kier alpha value is -2.74. The van der Waals surface area contributed by atoms with Crippen LogP contribution in [0, 0.1) is 0 Å². The summed E-state index contributed by atoms with van der Waals surface area (Å²) in [6, 6.07) is 18.0. The summed E-state index contributed by atoms with van der Waals surface area (Å²) in [6.07, 6.45) is 2.15. The van der Waals surface area contributed by atoms with Crippen molar-refractivity contribution in [2.75, 3.05) is 38.2 Å². The molecule has 1 saturated heterocycles. The lowest BCUT2D eigenvalue weighted by Gasteiger charge is -2.26. The molecule has 2 aromatic carbocycles. The predicted octanol–water partition coefficient (Wildman–Crippen LogP) is 4.61. The average molecular weight is 452 g/mol. The quantitative estimate of drug-likeness (QED) is 0.515. The number of amides is 1. The zero-order valence-corrected chi connectivity index (χ0v) is 19.2. The molecule has 1 amide bonds. The van der Waals surface area contributed by atoms with Gasteiger partial charge in [-0.25, -0.2) is 4.98 Å². The molecular weight excluding hydrogens is 422 g/mol. The van der Waals surface area contributed by atoms with Crippen LogP contribution in [0.1, 0.15) is 23.8 Å². The molecule has 2 heterocycles. The molecule has 0 radical (unpaired) electrons. The van der Waals surface area contributed by atoms with Gasteiger partial charge in [0.1, 0.15) is 5.75 Å². The Morgan fingerprint density at radius 1 is 1.12 bits per heavy atom. The lowest BCUT2D eigenvalue weighted by molar-refractivity contribution is -0.118. The maximum absolute atomic E-state index is 12.5. The number of ether oxygens (including phenoxy) is 2. The molecule has 1 fully saturated rings. The van der Waals surface area contributed by atoms with Crippen molar-refractivity contribution in [2.45, 2.75) is 26.3 Å². The first-order chi connectivity index (χ1) is 15.7. The van der Waals surface area contributed by atoms with E-state index >= 15 is 0 Å². The Kier molecular flexibility index (Phi) is 7.87. The van der Waals surface area contributed by atoms with Gasteiger partial charge < -0.3 is 9.47 Å². The Bertz CT molecular complexity index is 999. The van der Waals surface area contributed by atoms with Gasteiger partial charge in [-0.3, -0.25) is 15.0 Å². The first-order valence-electron chi connectivity index (χ1n) is 11.1. The Morgan fingerprint density at radius 3 is 2.59 bits per heavy atom. The molecule has 1 aliphatic heterocycles. The van der Waals surface area contributed by atoms with Crippen LogP contribution in [-0.4, -0.2) is 48.7 Å². The van der Waals surface area contributed by atoms with E-state index in [4.69, 9.17) is 14.5 Å². The number of nitrogens with one attached hydrogen (secondary N) is 1. The van der Waals surface area contributed by atoms with Crippen LogP contribution in [0.2, 0.25) is 0 Å². The highest BCUT2D eigenvalue weighted by atomic mass is 32.1. The number of morpholine rings is 1. The van der Waals surface area contributed by atoms with Crippen molar-refractivity contribution >= 4 is 22.4 Å². The number of benzene rings is 2. The molecule has 168 valence electrons. The third-order valence-electron chi connectivity index (χ3n) is 5.29. The van der Waals surface area contributed by atoms with Crippen LogP contribution in [-0.2, 0) is 22.5 Å². The third-order valence-corrected chi connectivity index (χ3v) is 6.25. The molecule has 0 aliphatic carbocycles. The van der Waals surface area contributed by atoms with Gasteiger partial charge in [0, 0.05) is 30.1 Å². The van der Waals surface area contributed by atoms with Gasteiger partial charge in [-0.15, -0.1) is 0 Å². The fraction of sp³-hybridized carbons (Fsp3) is 0.360. The van der Waals surface area contributed by atoms with Crippen molar-refractivity contribution in [3.63, 3.8) is 0 Å². The SMILES string of the molecule is CCCc1ccc(OCC(=O)Nc2nc(-c3ccccc3)c(CN3CCOCC3)s2)cc1. The van der Waals surface area contributed by atoms with Crippen molar-refractivity contribution in [3.05, 3.63) is 65.0 Å². The number of nitrogens with zero attached hydrogens (tertiary/aromatic N) is 2. The van der Waals surface area contributed by atoms with E-state index in [1.807, 2.05) is 42.5 Å². The summed E-state index contributed by atoms with van der Waals surface area (Å²) >= 11 is 1.52. The van der Waals surface area contributed by atoms with E-state index in [2.05, 4.69) is 29.3 Å². The first kappa shape index (κ1) is 22.5. The number of aromatic nitrogens is 1. The highest BCUT2D eigenvalue weighted by Crippen LogP contribution is 2.32. The molecule has 32 heavy (non-hydrogen) atoms. The van der Waals surface area contributed by atoms with Crippen LogP contribution in [0.5, 0.6) is 5.75 Å². The maximum atomic E-state index is 12.5. The molecule has 1 aliphatic rings. The zero-order valence-electron chi connectivity index (χ0n) is 18.4. The number of hydrogen-bond acceptors (Lipinski definition) is 6. The van der Waals surface area contributed by atoms with E-state index in [-0.39, 0.29) is 12.5 Å². The monoisotopic (exact) mass is 451 g/mol. The van der Waals surface area contributed by atoms with Gasteiger partial charge in [0.15, 0.2) is 11.7 Å². The van der Waals surface area contributed by atoms with Gasteiger partial charge in [-0.2, -0.15) is 0 Å². The Labute approximate surface area is 193 Å². The number of hydrogen-bond donors (Lipinski definition) is 1. The summed E-state index contributed by atoms with van der Waals surface area (Å²) in [7, 11) is 0. The van der Waals surface area contributed by atoms with Gasteiger partial charge in [-0.1, -0.05) is 67.1 Å². The number of thiazole rings is 1. The van der Waals surface area contributed by atoms with E-state index in [0.29, 0.717) is 10.9 Å². The van der Waals surface area contributed by atoms with Crippen LogP contribution < -0.4 is 10.1 Å². The third kappa shape index (κ3) is 6.16. The number of carbonyl (C=O) groups excluding carboxylic acids is 1. The molecule has 0 saturated carbocycles. The van der Waals surface area contributed by atoms with Crippen LogP contribution in [0.25, 0.3) is 11.3 Å². The summed E-state index contributed by atoms with van der Waals surface area (Å²) in [5.74, 6) is 0.478. The molecule has 4 rings (SSSR count). The zero-order chi connectivity index (χ0) is 22.2. The van der Waals surface area contributed by atoms with Crippen LogP contribution in [0.3, 0.4) is 0 Å². The lowest BCUT2D eigenvalue weighted by atomic mass is 10.1. The minimum atomic E-state index is -0.214. The molecule has 0 unspecified atom stereocenters. The van der Waals surface area contributed by atoms with E-state index in [0.717, 1.165) is 61.8 Å². The van der Waals surface area contributed by atoms with Gasteiger partial charge in [0.25, 0.3) is 5.91 Å². The molecule has 1 aromatic heterocycles. The highest BCUT2D eigenvalue weighted by molar-refractivity contribution is 7.16. The average Bonchev–Trinajstić information content (AvgIpc) is 3.22. The van der Waals surface area contributed by atoms with E-state index in [1.165, 1.54) is 16.9 Å². The van der Waals surface area contributed by atoms with Gasteiger partial charge in [-0.05, 0) is 24.1 Å². The second-order valence-corrected chi connectivity index (χ2v) is 8.86. The predicted molar refractivity (Wildman–Crippen MR) is 128 cm³/mol. The van der Waals surface area contributed by atoms with Crippen molar-refractivity contribution in [1.82, 2.24) is 9.88 Å². The van der Waals surface area contributed by atoms with E-state index in [1.54, 1.807) is 0 Å². The largest absolute Gasteiger partial charge is 0.484 e. The molecule has 6 nitrogen and oxygen atoms in total. The number of aryl methyl sites for hydroxylation is 1. The standard InChI is InChI=1S/C25H29N3O3S/c1-2-6-19-9-11-21(12-10-19)31-18-23(29)26-25-27-24(20-7-4-3-5-8-20)22(32-25)17-28-13-15-30-16-14-28/h3-5,7-12H,2,6,13-18H2,1H3,(H,26,27,29). The smallest absolute Gasteiger partial charge is 0.264 e. The normalized spacial score (nSPS) is 14.3. The number of rotatable bonds is 9. The van der Waals surface area contributed by atoms with Gasteiger partial charge >= 0.3 is 0 Å². The summed E-state index contributed by atoms with van der Waals surface area (Å²) in [6.45, 7) is 6.20. The summed E-state index contributed by atoms with van der Waals surface area (Å²) in [5.41, 5.74) is 3.24. The second-order valence-electron chi connectivity index (χ2n) is 7.78. The van der Waals surface area contributed by atoms with Crippen LogP contribution in [0.15, 0.2) is 54.6 Å². The second kappa shape index (κ2) is 11.2. The lowest BCUT2D eigenvalue weighted by Crippen LogP contribution is -2.35. The molecule has 0 atom stereocenters. The highest BCUT2D eigenvalue weighted by Gasteiger charge is 2.19. The van der Waals surface area contributed by atoms with Gasteiger partial charge in [0.2, 0.25) is 0 Å². The molecular formula is C25H29N3O3S. The molecule has 7 heteroatoms. The molecule has 3 aromatic rings. The molecule has 0 bridgehead atoms. The molecule has 0 spiro atoms. The maximum Gasteiger partial charge on any atom is 0.264 e. The topological polar surface area (TPSA) is 63.7 Å². The van der Waals surface area contributed by atoms with E-state index in [9.17, 15) is 4.79 Å². The fourth-order valence-electron chi connectivity index (χ4n) is 3.64. The molecule has 1 N–H and O–H groups in total. The van der Waals surface area contributed by atoms with Crippen molar-refractivity contribution in [3.8, 4) is 17.0 Å². The van der Waals surface area contributed by atoms with Crippen molar-refractivity contribution in [2.24, 2.45) is 0 Å². The number of carbonyl (C=O) groups is 1. The summed E-state index contributed by atoms with van der Waals surface area (Å²) < 4.78 is 11.1. The van der Waals surface area contributed by atoms with Gasteiger partial charge in [0.05, 0.1) is 18.9 Å². The summed E-state index contributed by atoms with van der Waals surface area (Å²) in [5, 5.41) is 3.51. The fourth-order valence-corrected chi connectivity index (χ4v) is 4.68. The first-order valence-corrected chi connectivity index (χ1v) is 11.9. The number of anilines is 1. The minimum absolute atomic E-state index is 0.0494. The van der Waals surface area contributed by atoms with Crippen LogP contribution in [0.4, 0.5) is 5.13 Å². The van der Waals surface area contributed by atoms with E-state index < -0.39 is 0 Å². The summed E-state index contributed by atoms with van der Waals surface area (Å²) in [4.78, 5) is 20.8.